The molecule has 0 spiro atoms. The van der Waals surface area contributed by atoms with Crippen LogP contribution in [0.5, 0.6) is 0 Å². The summed E-state index contributed by atoms with van der Waals surface area (Å²) in [6, 6.07) is 6.22. The highest BCUT2D eigenvalue weighted by molar-refractivity contribution is 5.76. The van der Waals surface area contributed by atoms with Gasteiger partial charge in [-0.1, -0.05) is 31.9 Å². The quantitative estimate of drug-likeness (QED) is 0.650. The highest BCUT2D eigenvalue weighted by atomic mass is 19.1. The van der Waals surface area contributed by atoms with E-state index in [0.29, 0.717) is 19.4 Å². The van der Waals surface area contributed by atoms with Crippen molar-refractivity contribution in [1.82, 2.24) is 5.32 Å². The molecule has 0 aliphatic heterocycles. The van der Waals surface area contributed by atoms with E-state index in [1.165, 1.54) is 12.1 Å². The number of carboxylic acids is 1. The second-order valence-electron chi connectivity index (χ2n) is 5.56. The van der Waals surface area contributed by atoms with E-state index in [1.807, 2.05) is 6.92 Å². The summed E-state index contributed by atoms with van der Waals surface area (Å²) in [7, 11) is 0. The predicted octanol–water partition coefficient (Wildman–Crippen LogP) is 3.47. The number of halogens is 1. The standard InChI is InChI=1S/C17H24FNO3/c1-13(14-7-9-15(18)10-8-14)12-16(20)19-11-5-3-2-4-6-17(21)22/h7-10,13H,2-6,11-12H2,1H3,(H,19,20)(H,21,22). The molecule has 0 heterocycles. The van der Waals surface area contributed by atoms with E-state index in [0.717, 1.165) is 24.8 Å². The Hall–Kier alpha value is -1.91. The minimum absolute atomic E-state index is 0.0117. The smallest absolute Gasteiger partial charge is 0.303 e. The normalized spacial score (nSPS) is 11.9. The van der Waals surface area contributed by atoms with Crippen LogP contribution in [0.25, 0.3) is 0 Å². The van der Waals surface area contributed by atoms with E-state index < -0.39 is 5.97 Å². The van der Waals surface area contributed by atoms with Crippen LogP contribution in [-0.4, -0.2) is 23.5 Å². The van der Waals surface area contributed by atoms with E-state index in [-0.39, 0.29) is 24.1 Å². The Morgan fingerprint density at radius 2 is 1.77 bits per heavy atom. The first-order valence-electron chi connectivity index (χ1n) is 7.73. The molecule has 0 saturated heterocycles. The molecule has 5 heteroatoms. The summed E-state index contributed by atoms with van der Waals surface area (Å²) >= 11 is 0. The lowest BCUT2D eigenvalue weighted by atomic mass is 9.97. The lowest BCUT2D eigenvalue weighted by Gasteiger charge is -2.12. The minimum Gasteiger partial charge on any atom is -0.481 e. The lowest BCUT2D eigenvalue weighted by Crippen LogP contribution is -2.25. The molecule has 0 aliphatic carbocycles. The van der Waals surface area contributed by atoms with Crippen molar-refractivity contribution >= 4 is 11.9 Å². The maximum atomic E-state index is 12.8. The van der Waals surface area contributed by atoms with Crippen molar-refractivity contribution in [3.63, 3.8) is 0 Å². The molecular formula is C17H24FNO3. The number of hydrogen-bond acceptors (Lipinski definition) is 2. The van der Waals surface area contributed by atoms with Crippen LogP contribution < -0.4 is 5.32 Å². The van der Waals surface area contributed by atoms with Gasteiger partial charge in [0.05, 0.1) is 0 Å². The monoisotopic (exact) mass is 309 g/mol. The number of unbranched alkanes of at least 4 members (excludes halogenated alkanes) is 3. The molecule has 4 nitrogen and oxygen atoms in total. The minimum atomic E-state index is -0.761. The van der Waals surface area contributed by atoms with Crippen LogP contribution in [0.2, 0.25) is 0 Å². The van der Waals surface area contributed by atoms with Crippen LogP contribution >= 0.6 is 0 Å². The van der Waals surface area contributed by atoms with Gasteiger partial charge in [-0.25, -0.2) is 4.39 Å². The molecule has 1 aromatic rings. The van der Waals surface area contributed by atoms with E-state index in [1.54, 1.807) is 12.1 Å². The Morgan fingerprint density at radius 3 is 2.41 bits per heavy atom. The summed E-state index contributed by atoms with van der Waals surface area (Å²) in [5, 5.41) is 11.4. The zero-order valence-corrected chi connectivity index (χ0v) is 13.0. The van der Waals surface area contributed by atoms with Gasteiger partial charge in [0.25, 0.3) is 0 Å². The molecule has 1 atom stereocenters. The van der Waals surface area contributed by atoms with Crippen LogP contribution in [-0.2, 0) is 9.59 Å². The summed E-state index contributed by atoms with van der Waals surface area (Å²) in [4.78, 5) is 22.1. The second kappa shape index (κ2) is 9.92. The molecule has 1 aromatic carbocycles. The van der Waals surface area contributed by atoms with Gasteiger partial charge in [0.1, 0.15) is 5.82 Å². The zero-order valence-electron chi connectivity index (χ0n) is 13.0. The lowest BCUT2D eigenvalue weighted by molar-refractivity contribution is -0.137. The van der Waals surface area contributed by atoms with Crippen molar-refractivity contribution in [2.24, 2.45) is 0 Å². The van der Waals surface area contributed by atoms with E-state index in [9.17, 15) is 14.0 Å². The number of carbonyl (C=O) groups excluding carboxylic acids is 1. The number of aliphatic carboxylic acids is 1. The van der Waals surface area contributed by atoms with Crippen LogP contribution in [0, 0.1) is 5.82 Å². The first-order chi connectivity index (χ1) is 10.5. The summed E-state index contributed by atoms with van der Waals surface area (Å²) in [5.74, 6) is -0.995. The fraction of sp³-hybridized carbons (Fsp3) is 0.529. The number of carboxylic acid groups (broad SMARTS) is 1. The second-order valence-corrected chi connectivity index (χ2v) is 5.56. The van der Waals surface area contributed by atoms with Crippen LogP contribution in [0.3, 0.4) is 0 Å². The topological polar surface area (TPSA) is 66.4 Å². The SMILES string of the molecule is CC(CC(=O)NCCCCCCC(=O)O)c1ccc(F)cc1. The Kier molecular flexibility index (Phi) is 8.18. The van der Waals surface area contributed by atoms with Gasteiger partial charge < -0.3 is 10.4 Å². The first kappa shape index (κ1) is 18.1. The molecule has 0 aliphatic rings. The number of hydrogen-bond donors (Lipinski definition) is 2. The number of amides is 1. The molecule has 1 amide bonds. The third-order valence-corrected chi connectivity index (χ3v) is 3.57. The van der Waals surface area contributed by atoms with Crippen LogP contribution in [0.1, 0.15) is 56.9 Å². The van der Waals surface area contributed by atoms with Crippen molar-refractivity contribution in [3.05, 3.63) is 35.6 Å². The Bertz CT molecular complexity index is 473. The number of rotatable bonds is 10. The molecule has 0 fully saturated rings. The number of benzene rings is 1. The molecule has 2 N–H and O–H groups in total. The van der Waals surface area contributed by atoms with Gasteiger partial charge in [0.15, 0.2) is 0 Å². The van der Waals surface area contributed by atoms with Gasteiger partial charge in [-0.05, 0) is 36.5 Å². The van der Waals surface area contributed by atoms with Gasteiger partial charge in [0.2, 0.25) is 5.91 Å². The summed E-state index contributed by atoms with van der Waals surface area (Å²) < 4.78 is 12.8. The number of nitrogens with one attached hydrogen (secondary N) is 1. The molecule has 22 heavy (non-hydrogen) atoms. The fourth-order valence-electron chi connectivity index (χ4n) is 2.24. The van der Waals surface area contributed by atoms with E-state index >= 15 is 0 Å². The summed E-state index contributed by atoms with van der Waals surface area (Å²) in [6.45, 7) is 2.56. The van der Waals surface area contributed by atoms with E-state index in [2.05, 4.69) is 5.32 Å². The highest BCUT2D eigenvalue weighted by Crippen LogP contribution is 2.19. The molecule has 0 bridgehead atoms. The average molecular weight is 309 g/mol. The predicted molar refractivity (Wildman–Crippen MR) is 83.2 cm³/mol. The van der Waals surface area contributed by atoms with Crippen molar-refractivity contribution in [2.45, 2.75) is 51.4 Å². The maximum absolute atomic E-state index is 12.8. The van der Waals surface area contributed by atoms with Gasteiger partial charge in [-0.15, -0.1) is 0 Å². The third kappa shape index (κ3) is 7.76. The zero-order chi connectivity index (χ0) is 16.4. The van der Waals surface area contributed by atoms with E-state index in [4.69, 9.17) is 5.11 Å². The average Bonchev–Trinajstić information content (AvgIpc) is 2.46. The first-order valence-corrected chi connectivity index (χ1v) is 7.73. The Labute approximate surface area is 130 Å². The molecule has 0 radical (unpaired) electrons. The van der Waals surface area contributed by atoms with Gasteiger partial charge in [-0.3, -0.25) is 9.59 Å². The molecule has 1 rings (SSSR count). The summed E-state index contributed by atoms with van der Waals surface area (Å²) in [6.07, 6.45) is 3.92. The molecule has 122 valence electrons. The number of carbonyl (C=O) groups is 2. The molecule has 0 saturated carbocycles. The largest absolute Gasteiger partial charge is 0.481 e. The fourth-order valence-corrected chi connectivity index (χ4v) is 2.24. The van der Waals surface area contributed by atoms with Crippen LogP contribution in [0.15, 0.2) is 24.3 Å². The maximum Gasteiger partial charge on any atom is 0.303 e. The van der Waals surface area contributed by atoms with Crippen molar-refractivity contribution in [1.29, 1.82) is 0 Å². The van der Waals surface area contributed by atoms with Gasteiger partial charge >= 0.3 is 5.97 Å². The van der Waals surface area contributed by atoms with Crippen molar-refractivity contribution < 1.29 is 19.1 Å². The van der Waals surface area contributed by atoms with Crippen molar-refractivity contribution in [2.75, 3.05) is 6.54 Å². The summed E-state index contributed by atoms with van der Waals surface area (Å²) in [5.41, 5.74) is 0.949. The van der Waals surface area contributed by atoms with Crippen molar-refractivity contribution in [3.8, 4) is 0 Å². The molecule has 0 aromatic heterocycles. The Balaban J connectivity index is 2.12. The highest BCUT2D eigenvalue weighted by Gasteiger charge is 2.10. The third-order valence-electron chi connectivity index (χ3n) is 3.57. The molecule has 1 unspecified atom stereocenters. The van der Waals surface area contributed by atoms with Gasteiger partial charge in [-0.2, -0.15) is 0 Å². The Morgan fingerprint density at radius 1 is 1.14 bits per heavy atom. The van der Waals surface area contributed by atoms with Crippen LogP contribution in [0.4, 0.5) is 4.39 Å². The van der Waals surface area contributed by atoms with Gasteiger partial charge in [0, 0.05) is 19.4 Å². The molecular weight excluding hydrogens is 285 g/mol.